The number of nitrogens with one attached hydrogen (secondary N) is 1. The van der Waals surface area contributed by atoms with Crippen LogP contribution >= 0.6 is 23.2 Å². The molecule has 2 aromatic rings. The molecule has 1 amide bonds. The number of hydrogen-bond acceptors (Lipinski definition) is 5. The average molecular weight is 411 g/mol. The van der Waals surface area contributed by atoms with Gasteiger partial charge in [0.2, 0.25) is 0 Å². The molecule has 0 saturated heterocycles. The van der Waals surface area contributed by atoms with E-state index in [1.54, 1.807) is 30.3 Å². The fourth-order valence-corrected chi connectivity index (χ4v) is 2.82. The summed E-state index contributed by atoms with van der Waals surface area (Å²) in [5.74, 6) is 1.03. The van der Waals surface area contributed by atoms with Crippen LogP contribution < -0.4 is 19.6 Å². The van der Waals surface area contributed by atoms with E-state index in [2.05, 4.69) is 10.5 Å². The Morgan fingerprint density at radius 3 is 2.37 bits per heavy atom. The molecule has 2 rings (SSSR count). The number of halogens is 2. The maximum atomic E-state index is 12.2. The summed E-state index contributed by atoms with van der Waals surface area (Å²) in [5.41, 5.74) is 3.45. The van der Waals surface area contributed by atoms with E-state index in [1.165, 1.54) is 20.4 Å². The van der Waals surface area contributed by atoms with Crippen LogP contribution in [0.25, 0.3) is 0 Å². The second kappa shape index (κ2) is 10.0. The van der Waals surface area contributed by atoms with Crippen molar-refractivity contribution in [2.45, 2.75) is 13.3 Å². The summed E-state index contributed by atoms with van der Waals surface area (Å²) < 4.78 is 15.8. The average Bonchev–Trinajstić information content (AvgIpc) is 2.66. The molecule has 0 aliphatic heterocycles. The Morgan fingerprint density at radius 2 is 1.78 bits per heavy atom. The van der Waals surface area contributed by atoms with Crippen molar-refractivity contribution in [2.75, 3.05) is 20.8 Å². The Kier molecular flexibility index (Phi) is 7.76. The third kappa shape index (κ3) is 5.52. The van der Waals surface area contributed by atoms with Crippen molar-refractivity contribution < 1.29 is 19.0 Å². The highest BCUT2D eigenvalue weighted by atomic mass is 35.5. The Bertz CT molecular complexity index is 817. The molecule has 0 unspecified atom stereocenters. The quantitative estimate of drug-likeness (QED) is 0.511. The molecule has 0 fully saturated rings. The maximum Gasteiger partial charge on any atom is 0.271 e. The fraction of sp³-hybridized carbons (Fsp3) is 0.263. The first-order valence-electron chi connectivity index (χ1n) is 8.17. The van der Waals surface area contributed by atoms with E-state index in [-0.39, 0.29) is 0 Å². The van der Waals surface area contributed by atoms with Gasteiger partial charge in [-0.3, -0.25) is 4.79 Å². The zero-order valence-electron chi connectivity index (χ0n) is 15.2. The number of amides is 1. The minimum absolute atomic E-state index is 0.378. The van der Waals surface area contributed by atoms with Gasteiger partial charge < -0.3 is 14.2 Å². The van der Waals surface area contributed by atoms with Gasteiger partial charge in [0.1, 0.15) is 0 Å². The van der Waals surface area contributed by atoms with Crippen molar-refractivity contribution >= 4 is 35.3 Å². The minimum Gasteiger partial charge on any atom is -0.493 e. The van der Waals surface area contributed by atoms with Gasteiger partial charge in [-0.2, -0.15) is 5.10 Å². The summed E-state index contributed by atoms with van der Waals surface area (Å²) in [5, 5.41) is 4.69. The molecule has 27 heavy (non-hydrogen) atoms. The van der Waals surface area contributed by atoms with Gasteiger partial charge in [-0.15, -0.1) is 0 Å². The van der Waals surface area contributed by atoms with Gasteiger partial charge in [-0.1, -0.05) is 30.1 Å². The van der Waals surface area contributed by atoms with E-state index in [0.717, 1.165) is 6.42 Å². The lowest BCUT2D eigenvalue weighted by Gasteiger charge is -2.10. The smallest absolute Gasteiger partial charge is 0.271 e. The molecule has 0 aliphatic rings. The SMILES string of the molecule is CCCOc1c(Cl)cc(/C=N/NC(=O)c2ccc(OC)c(OC)c2)cc1Cl. The van der Waals surface area contributed by atoms with E-state index >= 15 is 0 Å². The van der Waals surface area contributed by atoms with Gasteiger partial charge in [0.15, 0.2) is 17.2 Å². The molecule has 0 saturated carbocycles. The molecule has 6 nitrogen and oxygen atoms in total. The molecule has 8 heteroatoms. The first kappa shape index (κ1) is 20.9. The molecule has 0 radical (unpaired) electrons. The van der Waals surface area contributed by atoms with Crippen molar-refractivity contribution in [1.82, 2.24) is 5.43 Å². The summed E-state index contributed by atoms with van der Waals surface area (Å²) in [6, 6.07) is 8.14. The van der Waals surface area contributed by atoms with Crippen molar-refractivity contribution in [3.05, 3.63) is 51.5 Å². The normalized spacial score (nSPS) is 10.7. The number of methoxy groups -OCH3 is 2. The minimum atomic E-state index is -0.396. The number of hydrazone groups is 1. The van der Waals surface area contributed by atoms with Crippen molar-refractivity contribution in [1.29, 1.82) is 0 Å². The van der Waals surface area contributed by atoms with Crippen molar-refractivity contribution in [3.63, 3.8) is 0 Å². The Balaban J connectivity index is 2.07. The van der Waals surface area contributed by atoms with Crippen molar-refractivity contribution in [2.24, 2.45) is 5.10 Å². The van der Waals surface area contributed by atoms with Crippen LogP contribution in [-0.2, 0) is 0 Å². The maximum absolute atomic E-state index is 12.2. The Morgan fingerprint density at radius 1 is 1.11 bits per heavy atom. The number of rotatable bonds is 8. The number of ether oxygens (including phenoxy) is 3. The molecule has 0 aliphatic carbocycles. The summed E-state index contributed by atoms with van der Waals surface area (Å²) in [7, 11) is 3.02. The number of benzene rings is 2. The van der Waals surface area contributed by atoms with Crippen LogP contribution in [0, 0.1) is 0 Å². The zero-order chi connectivity index (χ0) is 19.8. The van der Waals surface area contributed by atoms with Gasteiger partial charge in [0.25, 0.3) is 5.91 Å². The zero-order valence-corrected chi connectivity index (χ0v) is 16.7. The highest BCUT2D eigenvalue weighted by Crippen LogP contribution is 2.34. The standard InChI is InChI=1S/C19H20Cl2N2O4/c1-4-7-27-18-14(20)8-12(9-15(18)21)11-22-23-19(24)13-5-6-16(25-2)17(10-13)26-3/h5-6,8-11H,4,7H2,1-3H3,(H,23,24)/b22-11+. The number of hydrogen-bond donors (Lipinski definition) is 1. The van der Waals surface area contributed by atoms with Crippen LogP contribution in [0.4, 0.5) is 0 Å². The molecule has 0 heterocycles. The molecule has 0 atom stereocenters. The first-order chi connectivity index (χ1) is 13.0. The topological polar surface area (TPSA) is 69.2 Å². The fourth-order valence-electron chi connectivity index (χ4n) is 2.20. The van der Waals surface area contributed by atoms with Gasteiger partial charge in [-0.25, -0.2) is 5.43 Å². The second-order valence-corrected chi connectivity index (χ2v) is 6.25. The third-order valence-electron chi connectivity index (χ3n) is 3.50. The van der Waals surface area contributed by atoms with E-state index in [4.69, 9.17) is 37.4 Å². The van der Waals surface area contributed by atoms with Crippen molar-refractivity contribution in [3.8, 4) is 17.2 Å². The van der Waals surface area contributed by atoms with E-state index < -0.39 is 5.91 Å². The summed E-state index contributed by atoms with van der Waals surface area (Å²) in [6.45, 7) is 2.51. The van der Waals surface area contributed by atoms with Gasteiger partial charge in [-0.05, 0) is 42.3 Å². The Hall–Kier alpha value is -2.44. The lowest BCUT2D eigenvalue weighted by Crippen LogP contribution is -2.17. The van der Waals surface area contributed by atoms with Crippen LogP contribution in [0.2, 0.25) is 10.0 Å². The number of nitrogens with zero attached hydrogens (tertiary/aromatic N) is 1. The molecular weight excluding hydrogens is 391 g/mol. The lowest BCUT2D eigenvalue weighted by atomic mass is 10.2. The molecule has 0 spiro atoms. The van der Waals surface area contributed by atoms with E-state index in [0.29, 0.717) is 45.0 Å². The molecule has 0 aromatic heterocycles. The summed E-state index contributed by atoms with van der Waals surface area (Å²) in [6.07, 6.45) is 2.29. The van der Waals surface area contributed by atoms with E-state index in [1.807, 2.05) is 6.92 Å². The Labute approximate surface area is 168 Å². The predicted octanol–water partition coefficient (Wildman–Crippen LogP) is 4.56. The number of carbonyl (C=O) groups excluding carboxylic acids is 1. The lowest BCUT2D eigenvalue weighted by molar-refractivity contribution is 0.0954. The van der Waals surface area contributed by atoms with Crippen LogP contribution in [0.1, 0.15) is 29.3 Å². The van der Waals surface area contributed by atoms with Crippen LogP contribution in [-0.4, -0.2) is 32.9 Å². The van der Waals surface area contributed by atoms with Crippen LogP contribution in [0.5, 0.6) is 17.2 Å². The first-order valence-corrected chi connectivity index (χ1v) is 8.93. The summed E-state index contributed by atoms with van der Waals surface area (Å²) in [4.78, 5) is 12.2. The monoisotopic (exact) mass is 410 g/mol. The van der Waals surface area contributed by atoms with E-state index in [9.17, 15) is 4.79 Å². The highest BCUT2D eigenvalue weighted by molar-refractivity contribution is 6.37. The molecule has 144 valence electrons. The molecule has 1 N–H and O–H groups in total. The highest BCUT2D eigenvalue weighted by Gasteiger charge is 2.11. The summed E-state index contributed by atoms with van der Waals surface area (Å²) >= 11 is 12.4. The third-order valence-corrected chi connectivity index (χ3v) is 4.06. The van der Waals surface area contributed by atoms with Gasteiger partial charge >= 0.3 is 0 Å². The predicted molar refractivity (Wildman–Crippen MR) is 107 cm³/mol. The molecular formula is C19H20Cl2N2O4. The second-order valence-electron chi connectivity index (χ2n) is 5.43. The van der Waals surface area contributed by atoms with Crippen LogP contribution in [0.15, 0.2) is 35.4 Å². The molecule has 0 bridgehead atoms. The van der Waals surface area contributed by atoms with Gasteiger partial charge in [0, 0.05) is 5.56 Å². The largest absolute Gasteiger partial charge is 0.493 e. The number of carbonyl (C=O) groups is 1. The van der Waals surface area contributed by atoms with Gasteiger partial charge in [0.05, 0.1) is 37.1 Å². The molecule has 2 aromatic carbocycles. The van der Waals surface area contributed by atoms with Crippen LogP contribution in [0.3, 0.4) is 0 Å².